The van der Waals surface area contributed by atoms with E-state index in [0.29, 0.717) is 0 Å². The van der Waals surface area contributed by atoms with Crippen molar-refractivity contribution in [2.75, 3.05) is 24.6 Å². The van der Waals surface area contributed by atoms with Gasteiger partial charge in [-0.05, 0) is 25.0 Å². The van der Waals surface area contributed by atoms with Crippen molar-refractivity contribution in [3.8, 4) is 0 Å². The van der Waals surface area contributed by atoms with Gasteiger partial charge in [-0.2, -0.15) is 11.8 Å². The van der Waals surface area contributed by atoms with Gasteiger partial charge >= 0.3 is 5.97 Å². The second-order valence-corrected chi connectivity index (χ2v) is 5.57. The van der Waals surface area contributed by atoms with Crippen molar-refractivity contribution in [3.05, 3.63) is 0 Å². The van der Waals surface area contributed by atoms with Gasteiger partial charge in [0.1, 0.15) is 5.54 Å². The number of carboxylic acids is 1. The van der Waals surface area contributed by atoms with Gasteiger partial charge in [-0.25, -0.2) is 0 Å². The molecule has 0 bridgehead atoms. The fraction of sp³-hybridized carbons (Fsp3) is 0.900. The maximum absolute atomic E-state index is 11.4. The van der Waals surface area contributed by atoms with Crippen LogP contribution in [0.15, 0.2) is 0 Å². The van der Waals surface area contributed by atoms with E-state index in [9.17, 15) is 9.90 Å². The van der Waals surface area contributed by atoms with E-state index in [1.54, 1.807) is 11.8 Å². The van der Waals surface area contributed by atoms with Crippen LogP contribution in [0.2, 0.25) is 0 Å². The minimum atomic E-state index is -0.650. The summed E-state index contributed by atoms with van der Waals surface area (Å²) in [6, 6.07) is 0.265. The molecule has 0 aliphatic carbocycles. The summed E-state index contributed by atoms with van der Waals surface area (Å²) >= 11 is 1.75. The molecule has 4 nitrogen and oxygen atoms in total. The molecule has 0 amide bonds. The summed E-state index contributed by atoms with van der Waals surface area (Å²) in [6.45, 7) is 1.68. The Morgan fingerprint density at radius 2 is 2.13 bits per heavy atom. The summed E-state index contributed by atoms with van der Waals surface area (Å²) in [5.74, 6) is 1.05. The predicted molar refractivity (Wildman–Crippen MR) is 61.1 cm³/mol. The molecule has 86 valence electrons. The molecule has 0 spiro atoms. The quantitative estimate of drug-likeness (QED) is 0.717. The zero-order chi connectivity index (χ0) is 10.9. The van der Waals surface area contributed by atoms with Gasteiger partial charge in [0.15, 0.2) is 0 Å². The number of rotatable bonds is 2. The number of likely N-dealkylation sites (tertiary alicyclic amines) is 1. The number of carboxylic acid groups (broad SMARTS) is 1. The SMILES string of the molecule is NC1CCN(C2(C(=O)O)CCSC2)CC1. The van der Waals surface area contributed by atoms with E-state index in [0.717, 1.165) is 43.9 Å². The minimum Gasteiger partial charge on any atom is -0.480 e. The average molecular weight is 230 g/mol. The third-order valence-corrected chi connectivity index (χ3v) is 4.72. The van der Waals surface area contributed by atoms with Gasteiger partial charge in [0, 0.05) is 24.9 Å². The summed E-state index contributed by atoms with van der Waals surface area (Å²) in [6.07, 6.45) is 2.64. The highest BCUT2D eigenvalue weighted by molar-refractivity contribution is 7.99. The predicted octanol–water partition coefficient (Wildman–Crippen LogP) is 0.370. The standard InChI is InChI=1S/C10H18N2O2S/c11-8-1-4-12(5-2-8)10(9(13)14)3-6-15-7-10/h8H,1-7,11H2,(H,13,14). The molecule has 2 saturated heterocycles. The van der Waals surface area contributed by atoms with Crippen LogP contribution in [-0.2, 0) is 4.79 Å². The molecule has 0 saturated carbocycles. The molecule has 2 heterocycles. The first-order valence-corrected chi connectivity index (χ1v) is 6.62. The Labute approximate surface area is 94.2 Å². The molecule has 1 unspecified atom stereocenters. The van der Waals surface area contributed by atoms with Crippen molar-refractivity contribution in [3.63, 3.8) is 0 Å². The first-order chi connectivity index (χ1) is 7.15. The van der Waals surface area contributed by atoms with Crippen LogP contribution in [0.5, 0.6) is 0 Å². The second-order valence-electron chi connectivity index (χ2n) is 4.46. The molecule has 2 rings (SSSR count). The van der Waals surface area contributed by atoms with Gasteiger partial charge in [-0.1, -0.05) is 0 Å². The van der Waals surface area contributed by atoms with Crippen LogP contribution in [0, 0.1) is 0 Å². The maximum Gasteiger partial charge on any atom is 0.325 e. The first-order valence-electron chi connectivity index (χ1n) is 5.47. The molecule has 3 N–H and O–H groups in total. The van der Waals surface area contributed by atoms with Crippen LogP contribution in [0.25, 0.3) is 0 Å². The molecule has 2 aliphatic rings. The lowest BCUT2D eigenvalue weighted by molar-refractivity contribution is -0.150. The number of piperidine rings is 1. The molecule has 2 aliphatic heterocycles. The topological polar surface area (TPSA) is 66.6 Å². The maximum atomic E-state index is 11.4. The second kappa shape index (κ2) is 4.31. The Hall–Kier alpha value is -0.260. The van der Waals surface area contributed by atoms with E-state index in [1.807, 2.05) is 0 Å². The van der Waals surface area contributed by atoms with Crippen LogP contribution in [0.3, 0.4) is 0 Å². The van der Waals surface area contributed by atoms with E-state index >= 15 is 0 Å². The molecule has 0 aromatic heterocycles. The largest absolute Gasteiger partial charge is 0.480 e. The lowest BCUT2D eigenvalue weighted by atomic mass is 9.92. The van der Waals surface area contributed by atoms with Crippen molar-refractivity contribution < 1.29 is 9.90 Å². The van der Waals surface area contributed by atoms with E-state index in [4.69, 9.17) is 5.73 Å². The lowest BCUT2D eigenvalue weighted by Gasteiger charge is -2.41. The van der Waals surface area contributed by atoms with Crippen LogP contribution in [-0.4, -0.2) is 52.2 Å². The van der Waals surface area contributed by atoms with Crippen LogP contribution in [0.4, 0.5) is 0 Å². The van der Waals surface area contributed by atoms with Crippen molar-refractivity contribution in [2.24, 2.45) is 5.73 Å². The van der Waals surface area contributed by atoms with Crippen molar-refractivity contribution in [2.45, 2.75) is 30.8 Å². The van der Waals surface area contributed by atoms with E-state index in [-0.39, 0.29) is 6.04 Å². The number of aliphatic carboxylic acids is 1. The van der Waals surface area contributed by atoms with Crippen molar-refractivity contribution in [1.29, 1.82) is 0 Å². The van der Waals surface area contributed by atoms with Crippen LogP contribution >= 0.6 is 11.8 Å². The van der Waals surface area contributed by atoms with Crippen LogP contribution in [0.1, 0.15) is 19.3 Å². The molecule has 0 aromatic carbocycles. The highest BCUT2D eigenvalue weighted by atomic mass is 32.2. The lowest BCUT2D eigenvalue weighted by Crippen LogP contribution is -2.58. The summed E-state index contributed by atoms with van der Waals surface area (Å²) in [4.78, 5) is 13.6. The smallest absolute Gasteiger partial charge is 0.325 e. The number of nitrogens with two attached hydrogens (primary N) is 1. The fourth-order valence-corrected chi connectivity index (χ4v) is 3.85. The summed E-state index contributed by atoms with van der Waals surface area (Å²) in [7, 11) is 0. The van der Waals surface area contributed by atoms with Gasteiger partial charge in [-0.15, -0.1) is 0 Å². The van der Waals surface area contributed by atoms with Crippen molar-refractivity contribution in [1.82, 2.24) is 4.90 Å². The number of thioether (sulfide) groups is 1. The fourth-order valence-electron chi connectivity index (χ4n) is 2.44. The third kappa shape index (κ3) is 2.00. The number of hydrogen-bond donors (Lipinski definition) is 2. The molecule has 2 fully saturated rings. The molecule has 5 heteroatoms. The monoisotopic (exact) mass is 230 g/mol. The average Bonchev–Trinajstić information content (AvgIpc) is 2.69. The van der Waals surface area contributed by atoms with Gasteiger partial charge in [0.25, 0.3) is 0 Å². The molecule has 0 aromatic rings. The van der Waals surface area contributed by atoms with E-state index in [2.05, 4.69) is 4.90 Å². The van der Waals surface area contributed by atoms with E-state index in [1.165, 1.54) is 0 Å². The number of hydrogen-bond acceptors (Lipinski definition) is 4. The Balaban J connectivity index is 2.08. The molecular weight excluding hydrogens is 212 g/mol. The van der Waals surface area contributed by atoms with Crippen molar-refractivity contribution >= 4 is 17.7 Å². The zero-order valence-electron chi connectivity index (χ0n) is 8.82. The Morgan fingerprint density at radius 1 is 1.47 bits per heavy atom. The Morgan fingerprint density at radius 3 is 2.60 bits per heavy atom. The van der Waals surface area contributed by atoms with Gasteiger partial charge in [0.05, 0.1) is 0 Å². The number of nitrogens with zero attached hydrogens (tertiary/aromatic N) is 1. The summed E-state index contributed by atoms with van der Waals surface area (Å²) in [5.41, 5.74) is 5.24. The molecule has 15 heavy (non-hydrogen) atoms. The zero-order valence-corrected chi connectivity index (χ0v) is 9.63. The Bertz CT molecular complexity index is 246. The first kappa shape index (κ1) is 11.2. The van der Waals surface area contributed by atoms with Gasteiger partial charge in [0.2, 0.25) is 0 Å². The normalized spacial score (nSPS) is 34.5. The van der Waals surface area contributed by atoms with E-state index < -0.39 is 11.5 Å². The van der Waals surface area contributed by atoms with Crippen LogP contribution < -0.4 is 5.73 Å². The molecule has 1 atom stereocenters. The summed E-state index contributed by atoms with van der Waals surface area (Å²) in [5, 5.41) is 9.40. The van der Waals surface area contributed by atoms with Gasteiger partial charge in [-0.3, -0.25) is 9.69 Å². The summed E-state index contributed by atoms with van der Waals surface area (Å²) < 4.78 is 0. The minimum absolute atomic E-state index is 0.265. The third-order valence-electron chi connectivity index (χ3n) is 3.54. The Kier molecular flexibility index (Phi) is 3.23. The molecular formula is C10H18N2O2S. The molecule has 0 radical (unpaired) electrons. The highest BCUT2D eigenvalue weighted by Crippen LogP contribution is 2.35. The van der Waals surface area contributed by atoms with Gasteiger partial charge < -0.3 is 10.8 Å². The highest BCUT2D eigenvalue weighted by Gasteiger charge is 2.47. The number of carbonyl (C=O) groups is 1.